The average Bonchev–Trinajstić information content (AvgIpc) is 2.65. The largest absolute Gasteiger partial charge is 0.306 e. The summed E-state index contributed by atoms with van der Waals surface area (Å²) in [5, 5.41) is 5.80. The Morgan fingerprint density at radius 3 is 3.36 bits per heavy atom. The summed E-state index contributed by atoms with van der Waals surface area (Å²) in [6.45, 7) is 5.54. The number of hydrogen-bond donors (Lipinski definition) is 1. The van der Waals surface area contributed by atoms with E-state index in [1.54, 1.807) is 4.88 Å². The van der Waals surface area contributed by atoms with E-state index in [1.165, 1.54) is 17.6 Å². The number of rotatable bonds is 2. The van der Waals surface area contributed by atoms with Gasteiger partial charge in [0.1, 0.15) is 0 Å². The van der Waals surface area contributed by atoms with Crippen molar-refractivity contribution in [1.29, 1.82) is 0 Å². The second-order valence-corrected chi connectivity index (χ2v) is 4.79. The van der Waals surface area contributed by atoms with Crippen molar-refractivity contribution in [2.75, 3.05) is 6.54 Å². The molecule has 2 heterocycles. The van der Waals surface area contributed by atoms with Crippen molar-refractivity contribution in [2.45, 2.75) is 32.7 Å². The van der Waals surface area contributed by atoms with E-state index in [9.17, 15) is 0 Å². The summed E-state index contributed by atoms with van der Waals surface area (Å²) in [5.41, 5.74) is 2.97. The maximum Gasteiger partial charge on any atom is 0.0544 e. The summed E-state index contributed by atoms with van der Waals surface area (Å²) in [5.74, 6) is 0. The molecule has 0 spiro atoms. The Kier molecular flexibility index (Phi) is 3.04. The van der Waals surface area contributed by atoms with Crippen LogP contribution in [0.25, 0.3) is 0 Å². The Bertz CT molecular complexity index is 338. The third kappa shape index (κ3) is 1.77. The minimum absolute atomic E-state index is 0.477. The second-order valence-electron chi connectivity index (χ2n) is 3.79. The topological polar surface area (TPSA) is 12.0 Å². The quantitative estimate of drug-likeness (QED) is 0.734. The lowest BCUT2D eigenvalue weighted by molar-refractivity contribution is 0.565. The number of nitrogens with one attached hydrogen (secondary N) is 1. The summed E-state index contributed by atoms with van der Waals surface area (Å²) in [7, 11) is 0. The number of fused-ring (bicyclic) bond motifs is 1. The molecule has 14 heavy (non-hydrogen) atoms. The normalized spacial score (nSPS) is 22.1. The molecule has 0 bridgehead atoms. The molecule has 0 amide bonds. The van der Waals surface area contributed by atoms with E-state index in [0.29, 0.717) is 6.04 Å². The van der Waals surface area contributed by atoms with Crippen LogP contribution in [0.5, 0.6) is 0 Å². The van der Waals surface area contributed by atoms with Crippen molar-refractivity contribution in [3.05, 3.63) is 33.5 Å². The van der Waals surface area contributed by atoms with Crippen LogP contribution < -0.4 is 5.32 Å². The molecule has 1 N–H and O–H groups in total. The van der Waals surface area contributed by atoms with Gasteiger partial charge in [-0.05, 0) is 36.8 Å². The lowest BCUT2D eigenvalue weighted by Crippen LogP contribution is -2.29. The monoisotopic (exact) mass is 207 g/mol. The molecule has 1 aromatic rings. The highest BCUT2D eigenvalue weighted by Gasteiger charge is 2.21. The number of allylic oxidation sites excluding steroid dienone is 1. The third-order valence-electron chi connectivity index (χ3n) is 2.77. The fourth-order valence-corrected chi connectivity index (χ4v) is 3.02. The highest BCUT2D eigenvalue weighted by atomic mass is 32.1. The fourth-order valence-electron chi connectivity index (χ4n) is 2.10. The molecule has 76 valence electrons. The van der Waals surface area contributed by atoms with Gasteiger partial charge in [0.15, 0.2) is 0 Å². The molecule has 0 saturated carbocycles. The minimum atomic E-state index is 0.477. The van der Waals surface area contributed by atoms with E-state index in [-0.39, 0.29) is 0 Å². The van der Waals surface area contributed by atoms with Crippen LogP contribution >= 0.6 is 11.3 Å². The molecule has 0 saturated heterocycles. The van der Waals surface area contributed by atoms with Crippen LogP contribution in [0.15, 0.2) is 23.1 Å². The average molecular weight is 207 g/mol. The first-order chi connectivity index (χ1) is 6.83. The van der Waals surface area contributed by atoms with Gasteiger partial charge in [-0.25, -0.2) is 0 Å². The van der Waals surface area contributed by atoms with Gasteiger partial charge in [-0.2, -0.15) is 0 Å². The highest BCUT2D eigenvalue weighted by molar-refractivity contribution is 7.10. The molecule has 1 aliphatic rings. The summed E-state index contributed by atoms with van der Waals surface area (Å²) >= 11 is 1.90. The lowest BCUT2D eigenvalue weighted by atomic mass is 9.96. The summed E-state index contributed by atoms with van der Waals surface area (Å²) < 4.78 is 0. The molecule has 0 fully saturated rings. The van der Waals surface area contributed by atoms with Crippen molar-refractivity contribution >= 4 is 11.3 Å². The predicted octanol–water partition coefficient (Wildman–Crippen LogP) is 3.29. The van der Waals surface area contributed by atoms with Crippen LogP contribution in [0.2, 0.25) is 0 Å². The Morgan fingerprint density at radius 2 is 2.57 bits per heavy atom. The van der Waals surface area contributed by atoms with E-state index in [2.05, 4.69) is 36.7 Å². The predicted molar refractivity (Wildman–Crippen MR) is 62.8 cm³/mol. The molecular weight excluding hydrogens is 190 g/mol. The second kappa shape index (κ2) is 4.28. The van der Waals surface area contributed by atoms with Crippen LogP contribution in [-0.2, 0) is 6.42 Å². The van der Waals surface area contributed by atoms with E-state index in [4.69, 9.17) is 0 Å². The minimum Gasteiger partial charge on any atom is -0.306 e. The number of hydrogen-bond acceptors (Lipinski definition) is 2. The molecule has 1 aliphatic heterocycles. The van der Waals surface area contributed by atoms with Crippen molar-refractivity contribution < 1.29 is 0 Å². The third-order valence-corrected chi connectivity index (χ3v) is 3.77. The van der Waals surface area contributed by atoms with E-state index >= 15 is 0 Å². The van der Waals surface area contributed by atoms with Crippen LogP contribution in [0, 0.1) is 0 Å². The van der Waals surface area contributed by atoms with Crippen LogP contribution in [0.4, 0.5) is 0 Å². The number of thiophene rings is 1. The van der Waals surface area contributed by atoms with Crippen molar-refractivity contribution in [2.24, 2.45) is 0 Å². The zero-order valence-corrected chi connectivity index (χ0v) is 9.66. The van der Waals surface area contributed by atoms with Gasteiger partial charge in [0.2, 0.25) is 0 Å². The Hall–Kier alpha value is -0.600. The van der Waals surface area contributed by atoms with Crippen molar-refractivity contribution in [3.8, 4) is 0 Å². The smallest absolute Gasteiger partial charge is 0.0544 e. The van der Waals surface area contributed by atoms with Gasteiger partial charge < -0.3 is 5.32 Å². The van der Waals surface area contributed by atoms with Crippen LogP contribution in [-0.4, -0.2) is 6.54 Å². The molecule has 1 unspecified atom stereocenters. The molecule has 0 aliphatic carbocycles. The van der Waals surface area contributed by atoms with Crippen molar-refractivity contribution in [1.82, 2.24) is 5.32 Å². The van der Waals surface area contributed by atoms with E-state index in [1.807, 2.05) is 11.3 Å². The fraction of sp³-hybridized carbons (Fsp3) is 0.500. The zero-order valence-electron chi connectivity index (χ0n) is 8.84. The standard InChI is InChI=1S/C12H17NS/c1-3-4-9(2)12-10-6-8-14-11(10)5-7-13-12/h4,6,8,12-13H,3,5,7H2,1-2H3/b9-4+. The van der Waals surface area contributed by atoms with E-state index in [0.717, 1.165) is 13.0 Å². The zero-order chi connectivity index (χ0) is 9.97. The van der Waals surface area contributed by atoms with Crippen molar-refractivity contribution in [3.63, 3.8) is 0 Å². The molecule has 1 nitrogen and oxygen atoms in total. The highest BCUT2D eigenvalue weighted by Crippen LogP contribution is 2.31. The van der Waals surface area contributed by atoms with Crippen LogP contribution in [0.1, 0.15) is 36.8 Å². The van der Waals surface area contributed by atoms with Gasteiger partial charge in [-0.3, -0.25) is 0 Å². The molecule has 1 atom stereocenters. The van der Waals surface area contributed by atoms with Crippen LogP contribution in [0.3, 0.4) is 0 Å². The maximum absolute atomic E-state index is 3.58. The Morgan fingerprint density at radius 1 is 1.71 bits per heavy atom. The van der Waals surface area contributed by atoms with Gasteiger partial charge in [0.05, 0.1) is 6.04 Å². The molecule has 0 aromatic carbocycles. The summed E-state index contributed by atoms with van der Waals surface area (Å²) in [6, 6.07) is 2.74. The first kappa shape index (κ1) is 9.94. The maximum atomic E-state index is 3.58. The van der Waals surface area contributed by atoms with Gasteiger partial charge in [-0.1, -0.05) is 18.6 Å². The molecule has 0 radical (unpaired) electrons. The molecule has 2 rings (SSSR count). The Balaban J connectivity index is 2.28. The SMILES string of the molecule is CC/C=C(\C)C1NCCc2sccc21. The van der Waals surface area contributed by atoms with E-state index < -0.39 is 0 Å². The molecular formula is C12H17NS. The van der Waals surface area contributed by atoms with Gasteiger partial charge in [-0.15, -0.1) is 11.3 Å². The van der Waals surface area contributed by atoms with Gasteiger partial charge in [0.25, 0.3) is 0 Å². The Labute approximate surface area is 89.8 Å². The first-order valence-electron chi connectivity index (χ1n) is 5.29. The van der Waals surface area contributed by atoms with Gasteiger partial charge in [0, 0.05) is 11.4 Å². The first-order valence-corrected chi connectivity index (χ1v) is 6.17. The lowest BCUT2D eigenvalue weighted by Gasteiger charge is -2.25. The summed E-state index contributed by atoms with van der Waals surface area (Å²) in [6.07, 6.45) is 4.65. The summed E-state index contributed by atoms with van der Waals surface area (Å²) in [4.78, 5) is 1.57. The van der Waals surface area contributed by atoms with Gasteiger partial charge >= 0.3 is 0 Å². The molecule has 1 aromatic heterocycles. The molecule has 2 heteroatoms.